The van der Waals surface area contributed by atoms with Gasteiger partial charge in [0.25, 0.3) is 0 Å². The third-order valence-corrected chi connectivity index (χ3v) is 2.55. The van der Waals surface area contributed by atoms with Crippen molar-refractivity contribution < 1.29 is 0 Å². The van der Waals surface area contributed by atoms with Crippen molar-refractivity contribution in [1.29, 1.82) is 5.41 Å². The van der Waals surface area contributed by atoms with Crippen molar-refractivity contribution in [1.82, 2.24) is 0 Å². The summed E-state index contributed by atoms with van der Waals surface area (Å²) in [5.41, 5.74) is 1.91. The molecule has 0 fully saturated rings. The number of hydrogen-bond acceptors (Lipinski definition) is 2. The van der Waals surface area contributed by atoms with E-state index in [1.807, 2.05) is 18.2 Å². The fourth-order valence-electron chi connectivity index (χ4n) is 1.05. The van der Waals surface area contributed by atoms with Crippen LogP contribution in [-0.4, -0.2) is 11.5 Å². The Morgan fingerprint density at radius 1 is 1.40 bits per heavy atom. The zero-order valence-electron chi connectivity index (χ0n) is 5.42. The van der Waals surface area contributed by atoms with E-state index in [9.17, 15) is 0 Å². The van der Waals surface area contributed by atoms with Crippen molar-refractivity contribution in [3.05, 3.63) is 34.8 Å². The summed E-state index contributed by atoms with van der Waals surface area (Å²) in [6, 6.07) is 0. The molecule has 2 rings (SSSR count). The number of nitrogens with one attached hydrogen (secondary N) is 1. The minimum Gasteiger partial charge on any atom is -0.301 e. The number of hydrogen-bond donors (Lipinski definition) is 1. The quantitative estimate of drug-likeness (QED) is 0.560. The van der Waals surface area contributed by atoms with Crippen LogP contribution in [0.2, 0.25) is 0 Å². The van der Waals surface area contributed by atoms with Crippen molar-refractivity contribution in [3.63, 3.8) is 0 Å². The summed E-state index contributed by atoms with van der Waals surface area (Å²) in [5.74, 6) is 1.07. The van der Waals surface area contributed by atoms with Crippen molar-refractivity contribution in [2.24, 2.45) is 0 Å². The van der Waals surface area contributed by atoms with Gasteiger partial charge in [0, 0.05) is 10.7 Å². The van der Waals surface area contributed by atoms with Crippen LogP contribution in [0.1, 0.15) is 0 Å². The molecule has 10 heavy (non-hydrogen) atoms. The Balaban J connectivity index is 2.43. The first-order valence-corrected chi connectivity index (χ1v) is 4.16. The monoisotopic (exact) mass is 149 g/mol. The van der Waals surface area contributed by atoms with Gasteiger partial charge in [-0.05, 0) is 17.7 Å². The average Bonchev–Trinajstić information content (AvgIpc) is 2.33. The highest BCUT2D eigenvalue weighted by molar-refractivity contribution is 8.03. The molecule has 0 bridgehead atoms. The first-order chi connectivity index (χ1) is 4.86. The Hall–Kier alpha value is -0.760. The molecule has 0 amide bonds. The number of fused-ring (bicyclic) bond motifs is 1. The van der Waals surface area contributed by atoms with E-state index in [0.717, 1.165) is 5.75 Å². The Morgan fingerprint density at radius 3 is 3.20 bits per heavy atom. The molecule has 1 N–H and O–H groups in total. The summed E-state index contributed by atoms with van der Waals surface area (Å²) in [4.78, 5) is 1.26. The highest BCUT2D eigenvalue weighted by Crippen LogP contribution is 2.33. The zero-order chi connectivity index (χ0) is 6.97. The van der Waals surface area contributed by atoms with Crippen molar-refractivity contribution >= 4 is 17.5 Å². The molecule has 50 valence electrons. The molecule has 1 heterocycles. The highest BCUT2D eigenvalue weighted by Gasteiger charge is 2.12. The van der Waals surface area contributed by atoms with E-state index < -0.39 is 0 Å². The molecule has 0 unspecified atom stereocenters. The second-order valence-corrected chi connectivity index (χ2v) is 3.33. The maximum absolute atomic E-state index is 7.34. The third-order valence-electron chi connectivity index (χ3n) is 1.56. The van der Waals surface area contributed by atoms with Gasteiger partial charge in [-0.3, -0.25) is 0 Å². The molecule has 0 saturated heterocycles. The fraction of sp³-hybridized carbons (Fsp3) is 0.125. The van der Waals surface area contributed by atoms with E-state index in [0.29, 0.717) is 5.71 Å². The summed E-state index contributed by atoms with van der Waals surface area (Å²) in [5, 5.41) is 7.34. The summed E-state index contributed by atoms with van der Waals surface area (Å²) in [6.45, 7) is 0. The SMILES string of the molecule is N=C1C=CC2=CCSC2=C1. The molecule has 0 saturated carbocycles. The van der Waals surface area contributed by atoms with Crippen molar-refractivity contribution in [2.75, 3.05) is 5.75 Å². The fourth-order valence-corrected chi connectivity index (χ4v) is 2.02. The molecule has 1 aliphatic carbocycles. The molecule has 0 aromatic carbocycles. The van der Waals surface area contributed by atoms with E-state index in [4.69, 9.17) is 5.41 Å². The topological polar surface area (TPSA) is 23.9 Å². The second kappa shape index (κ2) is 2.13. The van der Waals surface area contributed by atoms with E-state index in [-0.39, 0.29) is 0 Å². The molecule has 0 radical (unpaired) electrons. The maximum atomic E-state index is 7.34. The normalized spacial score (nSPS) is 22.2. The van der Waals surface area contributed by atoms with Gasteiger partial charge < -0.3 is 5.41 Å². The summed E-state index contributed by atoms with van der Waals surface area (Å²) < 4.78 is 0. The van der Waals surface area contributed by atoms with Gasteiger partial charge in [-0.15, -0.1) is 11.8 Å². The van der Waals surface area contributed by atoms with E-state index in [2.05, 4.69) is 6.08 Å². The summed E-state index contributed by atoms with van der Waals surface area (Å²) >= 11 is 1.81. The highest BCUT2D eigenvalue weighted by atomic mass is 32.2. The van der Waals surface area contributed by atoms with E-state index in [1.54, 1.807) is 11.8 Å². The Morgan fingerprint density at radius 2 is 2.30 bits per heavy atom. The standard InChI is InChI=1S/C8H7NS/c9-7-2-1-6-3-4-10-8(6)5-7/h1-3,5,9H,4H2. The lowest BCUT2D eigenvalue weighted by molar-refractivity contribution is 1.51. The van der Waals surface area contributed by atoms with E-state index in [1.165, 1.54) is 10.5 Å². The molecular weight excluding hydrogens is 142 g/mol. The zero-order valence-corrected chi connectivity index (χ0v) is 6.24. The Labute approximate surface area is 64.0 Å². The van der Waals surface area contributed by atoms with Crippen LogP contribution in [0.3, 0.4) is 0 Å². The molecule has 0 aromatic heterocycles. The minimum absolute atomic E-state index is 0.613. The lowest BCUT2D eigenvalue weighted by Crippen LogP contribution is -1.92. The lowest BCUT2D eigenvalue weighted by Gasteiger charge is -2.03. The van der Waals surface area contributed by atoms with Gasteiger partial charge in [0.15, 0.2) is 0 Å². The average molecular weight is 149 g/mol. The van der Waals surface area contributed by atoms with Crippen molar-refractivity contribution in [2.45, 2.75) is 0 Å². The maximum Gasteiger partial charge on any atom is 0.0551 e. The van der Waals surface area contributed by atoms with Gasteiger partial charge in [-0.1, -0.05) is 12.2 Å². The molecule has 2 aliphatic rings. The van der Waals surface area contributed by atoms with Crippen LogP contribution in [0, 0.1) is 5.41 Å². The van der Waals surface area contributed by atoms with Gasteiger partial charge in [0.2, 0.25) is 0 Å². The first kappa shape index (κ1) is 5.98. The van der Waals surface area contributed by atoms with Crippen LogP contribution < -0.4 is 0 Å². The Kier molecular flexibility index (Phi) is 1.27. The third kappa shape index (κ3) is 0.847. The van der Waals surface area contributed by atoms with Gasteiger partial charge in [-0.25, -0.2) is 0 Å². The summed E-state index contributed by atoms with van der Waals surface area (Å²) in [6.07, 6.45) is 7.96. The van der Waals surface area contributed by atoms with Crippen LogP contribution in [-0.2, 0) is 0 Å². The molecule has 2 heteroatoms. The van der Waals surface area contributed by atoms with Crippen LogP contribution >= 0.6 is 11.8 Å². The van der Waals surface area contributed by atoms with Gasteiger partial charge >= 0.3 is 0 Å². The number of rotatable bonds is 0. The summed E-state index contributed by atoms with van der Waals surface area (Å²) in [7, 11) is 0. The molecule has 1 nitrogen and oxygen atoms in total. The molecule has 1 aliphatic heterocycles. The van der Waals surface area contributed by atoms with Crippen LogP contribution in [0.25, 0.3) is 0 Å². The molecular formula is C8H7NS. The smallest absolute Gasteiger partial charge is 0.0551 e. The van der Waals surface area contributed by atoms with Crippen LogP contribution in [0.15, 0.2) is 34.8 Å². The van der Waals surface area contributed by atoms with Crippen LogP contribution in [0.5, 0.6) is 0 Å². The second-order valence-electron chi connectivity index (χ2n) is 2.27. The minimum atomic E-state index is 0.613. The van der Waals surface area contributed by atoms with Gasteiger partial charge in [-0.2, -0.15) is 0 Å². The lowest BCUT2D eigenvalue weighted by atomic mass is 10.1. The van der Waals surface area contributed by atoms with Crippen molar-refractivity contribution in [3.8, 4) is 0 Å². The molecule has 0 aromatic rings. The predicted octanol–water partition coefficient (Wildman–Crippen LogP) is 2.13. The largest absolute Gasteiger partial charge is 0.301 e. The Bertz CT molecular complexity index is 271. The number of allylic oxidation sites excluding steroid dienone is 4. The molecule has 0 atom stereocenters. The predicted molar refractivity (Wildman–Crippen MR) is 45.5 cm³/mol. The van der Waals surface area contributed by atoms with Gasteiger partial charge in [0.1, 0.15) is 0 Å². The first-order valence-electron chi connectivity index (χ1n) is 3.18. The van der Waals surface area contributed by atoms with E-state index >= 15 is 0 Å². The molecule has 0 spiro atoms. The van der Waals surface area contributed by atoms with Crippen LogP contribution in [0.4, 0.5) is 0 Å². The number of thioether (sulfide) groups is 1. The van der Waals surface area contributed by atoms with Gasteiger partial charge in [0.05, 0.1) is 5.71 Å².